The van der Waals surface area contributed by atoms with Crippen LogP contribution in [0.2, 0.25) is 0 Å². The number of hydrogen-bond donors (Lipinski definition) is 2. The topological polar surface area (TPSA) is 105 Å². The van der Waals surface area contributed by atoms with E-state index in [2.05, 4.69) is 17.4 Å². The van der Waals surface area contributed by atoms with Crippen molar-refractivity contribution in [2.24, 2.45) is 0 Å². The molecule has 0 radical (unpaired) electrons. The van der Waals surface area contributed by atoms with E-state index in [1.807, 2.05) is 36.4 Å². The van der Waals surface area contributed by atoms with E-state index in [-0.39, 0.29) is 25.7 Å². The molecule has 2 aliphatic rings. The monoisotopic (exact) mass is 452 g/mol. The summed E-state index contributed by atoms with van der Waals surface area (Å²) in [5.74, 6) is -1.87. The average Bonchev–Trinajstić information content (AvgIpc) is 3.10. The number of morpholine rings is 1. The van der Waals surface area contributed by atoms with Crippen LogP contribution in [0.5, 0.6) is 0 Å². The number of amides is 2. The van der Waals surface area contributed by atoms with E-state index in [0.29, 0.717) is 0 Å². The normalized spacial score (nSPS) is 20.0. The molecule has 0 aromatic heterocycles. The van der Waals surface area contributed by atoms with Gasteiger partial charge in [0.1, 0.15) is 18.2 Å². The van der Waals surface area contributed by atoms with Crippen LogP contribution in [0.15, 0.2) is 48.5 Å². The van der Waals surface area contributed by atoms with Crippen molar-refractivity contribution < 1.29 is 29.0 Å². The summed E-state index contributed by atoms with van der Waals surface area (Å²) in [7, 11) is 0. The van der Waals surface area contributed by atoms with Gasteiger partial charge in [0.25, 0.3) is 0 Å². The summed E-state index contributed by atoms with van der Waals surface area (Å²) in [5.41, 5.74) is 2.96. The molecule has 174 valence electrons. The van der Waals surface area contributed by atoms with E-state index in [9.17, 15) is 19.5 Å². The van der Waals surface area contributed by atoms with Gasteiger partial charge < -0.3 is 19.9 Å². The van der Waals surface area contributed by atoms with E-state index in [1.54, 1.807) is 6.92 Å². The minimum Gasteiger partial charge on any atom is -0.480 e. The SMILES string of the molecule is C[C@H]1OCCN(C(=O)OCC2c3ccccc3-c3ccccc32)[C@@H]1C(=O)NC(C)(C)C(=O)O. The molecule has 0 saturated carbocycles. The summed E-state index contributed by atoms with van der Waals surface area (Å²) in [5, 5.41) is 11.8. The van der Waals surface area contributed by atoms with Crippen LogP contribution in [0.1, 0.15) is 37.8 Å². The number of ether oxygens (including phenoxy) is 2. The summed E-state index contributed by atoms with van der Waals surface area (Å²) in [6, 6.07) is 15.1. The quantitative estimate of drug-likeness (QED) is 0.723. The lowest BCUT2D eigenvalue weighted by Crippen LogP contribution is -2.63. The molecule has 1 fully saturated rings. The number of carbonyl (C=O) groups is 3. The Balaban J connectivity index is 1.50. The van der Waals surface area contributed by atoms with Crippen molar-refractivity contribution in [2.45, 2.75) is 44.4 Å². The summed E-state index contributed by atoms with van der Waals surface area (Å²) in [4.78, 5) is 38.8. The molecule has 4 rings (SSSR count). The van der Waals surface area contributed by atoms with Crippen LogP contribution >= 0.6 is 0 Å². The van der Waals surface area contributed by atoms with Crippen molar-refractivity contribution in [3.63, 3.8) is 0 Å². The van der Waals surface area contributed by atoms with Gasteiger partial charge in [0.15, 0.2) is 0 Å². The maximum absolute atomic E-state index is 13.1. The van der Waals surface area contributed by atoms with Gasteiger partial charge in [-0.2, -0.15) is 0 Å². The Morgan fingerprint density at radius 3 is 2.24 bits per heavy atom. The van der Waals surface area contributed by atoms with E-state index in [1.165, 1.54) is 18.7 Å². The average molecular weight is 453 g/mol. The van der Waals surface area contributed by atoms with E-state index in [4.69, 9.17) is 9.47 Å². The molecule has 1 heterocycles. The molecule has 0 unspecified atom stereocenters. The fourth-order valence-electron chi connectivity index (χ4n) is 4.49. The molecule has 1 aliphatic heterocycles. The van der Waals surface area contributed by atoms with Crippen LogP contribution in [-0.2, 0) is 19.1 Å². The molecule has 2 atom stereocenters. The molecule has 2 aromatic rings. The van der Waals surface area contributed by atoms with Crippen molar-refractivity contribution in [3.05, 3.63) is 59.7 Å². The largest absolute Gasteiger partial charge is 0.480 e. The third kappa shape index (κ3) is 4.30. The van der Waals surface area contributed by atoms with Crippen LogP contribution in [0.25, 0.3) is 11.1 Å². The smallest absolute Gasteiger partial charge is 0.410 e. The Bertz CT molecular complexity index is 1040. The standard InChI is InChI=1S/C25H28N2O6/c1-15-21(22(28)26-25(2,3)23(29)30)27(12-13-32-15)24(31)33-14-20-18-10-6-4-8-16(18)17-9-5-7-11-19(17)20/h4-11,15,20-21H,12-14H2,1-3H3,(H,26,28)(H,29,30)/t15-,21+/m1/s1. The van der Waals surface area contributed by atoms with E-state index >= 15 is 0 Å². The highest BCUT2D eigenvalue weighted by molar-refractivity contribution is 5.91. The van der Waals surface area contributed by atoms with Crippen molar-refractivity contribution in [1.82, 2.24) is 10.2 Å². The predicted octanol–water partition coefficient (Wildman–Crippen LogP) is 3.00. The number of aliphatic carboxylic acids is 1. The number of hydrogen-bond acceptors (Lipinski definition) is 5. The fourth-order valence-corrected chi connectivity index (χ4v) is 4.49. The Morgan fingerprint density at radius 1 is 1.09 bits per heavy atom. The van der Waals surface area contributed by atoms with Crippen LogP contribution in [0, 0.1) is 0 Å². The lowest BCUT2D eigenvalue weighted by atomic mass is 9.98. The minimum absolute atomic E-state index is 0.0990. The number of fused-ring (bicyclic) bond motifs is 3. The van der Waals surface area contributed by atoms with Crippen molar-refractivity contribution in [3.8, 4) is 11.1 Å². The molecule has 1 saturated heterocycles. The number of nitrogens with one attached hydrogen (secondary N) is 1. The number of nitrogens with zero attached hydrogens (tertiary/aromatic N) is 1. The first kappa shape index (κ1) is 22.8. The number of benzene rings is 2. The molecular formula is C25H28N2O6. The van der Waals surface area contributed by atoms with Gasteiger partial charge in [-0.05, 0) is 43.0 Å². The molecule has 8 heteroatoms. The van der Waals surface area contributed by atoms with Gasteiger partial charge in [0.2, 0.25) is 5.91 Å². The lowest BCUT2D eigenvalue weighted by molar-refractivity contribution is -0.149. The molecule has 2 amide bonds. The lowest BCUT2D eigenvalue weighted by Gasteiger charge is -2.39. The maximum Gasteiger partial charge on any atom is 0.410 e. The highest BCUT2D eigenvalue weighted by atomic mass is 16.6. The van der Waals surface area contributed by atoms with Crippen molar-refractivity contribution in [1.29, 1.82) is 0 Å². The predicted molar refractivity (Wildman–Crippen MR) is 121 cm³/mol. The second kappa shape index (κ2) is 8.86. The van der Waals surface area contributed by atoms with Gasteiger partial charge in [-0.3, -0.25) is 9.69 Å². The van der Waals surface area contributed by atoms with Crippen molar-refractivity contribution in [2.75, 3.05) is 19.8 Å². The van der Waals surface area contributed by atoms with Crippen LogP contribution in [-0.4, -0.2) is 65.4 Å². The molecule has 0 spiro atoms. The second-order valence-electron chi connectivity index (χ2n) is 8.94. The van der Waals surface area contributed by atoms with Crippen LogP contribution in [0.4, 0.5) is 4.79 Å². The molecule has 1 aliphatic carbocycles. The zero-order chi connectivity index (χ0) is 23.8. The Kier molecular flexibility index (Phi) is 6.12. The Hall–Kier alpha value is -3.39. The molecule has 0 bridgehead atoms. The fraction of sp³-hybridized carbons (Fsp3) is 0.400. The summed E-state index contributed by atoms with van der Waals surface area (Å²) in [6.07, 6.45) is -1.23. The van der Waals surface area contributed by atoms with Gasteiger partial charge in [0.05, 0.1) is 12.7 Å². The zero-order valence-electron chi connectivity index (χ0n) is 18.9. The Labute approximate surface area is 192 Å². The van der Waals surface area contributed by atoms with Gasteiger partial charge in [0, 0.05) is 12.5 Å². The molecule has 33 heavy (non-hydrogen) atoms. The van der Waals surface area contributed by atoms with Gasteiger partial charge in [-0.1, -0.05) is 48.5 Å². The number of carboxylic acid groups (broad SMARTS) is 1. The Morgan fingerprint density at radius 2 is 1.67 bits per heavy atom. The first-order chi connectivity index (χ1) is 15.7. The first-order valence-corrected chi connectivity index (χ1v) is 11.0. The second-order valence-corrected chi connectivity index (χ2v) is 8.94. The summed E-state index contributed by atoms with van der Waals surface area (Å²) >= 11 is 0. The highest BCUT2D eigenvalue weighted by Crippen LogP contribution is 2.44. The van der Waals surface area contributed by atoms with Crippen LogP contribution < -0.4 is 5.32 Å². The van der Waals surface area contributed by atoms with Gasteiger partial charge in [-0.25, -0.2) is 9.59 Å². The molecule has 2 N–H and O–H groups in total. The summed E-state index contributed by atoms with van der Waals surface area (Å²) in [6.45, 7) is 5.02. The first-order valence-electron chi connectivity index (χ1n) is 11.0. The molecular weight excluding hydrogens is 424 g/mol. The minimum atomic E-state index is -1.49. The van der Waals surface area contributed by atoms with E-state index in [0.717, 1.165) is 22.3 Å². The summed E-state index contributed by atoms with van der Waals surface area (Å²) < 4.78 is 11.3. The third-order valence-corrected chi connectivity index (χ3v) is 6.30. The molecule has 8 nitrogen and oxygen atoms in total. The van der Waals surface area contributed by atoms with Crippen molar-refractivity contribution >= 4 is 18.0 Å². The maximum atomic E-state index is 13.1. The molecule has 2 aromatic carbocycles. The number of carboxylic acids is 1. The third-order valence-electron chi connectivity index (χ3n) is 6.30. The van der Waals surface area contributed by atoms with Gasteiger partial charge in [-0.15, -0.1) is 0 Å². The zero-order valence-corrected chi connectivity index (χ0v) is 18.9. The number of rotatable bonds is 5. The number of carbonyl (C=O) groups excluding carboxylic acids is 2. The van der Waals surface area contributed by atoms with E-state index < -0.39 is 35.7 Å². The van der Waals surface area contributed by atoms with Gasteiger partial charge >= 0.3 is 12.1 Å². The van der Waals surface area contributed by atoms with Crippen LogP contribution in [0.3, 0.4) is 0 Å². The highest BCUT2D eigenvalue weighted by Gasteiger charge is 2.42.